The van der Waals surface area contributed by atoms with Crippen molar-refractivity contribution in [3.05, 3.63) is 84.2 Å². The summed E-state index contributed by atoms with van der Waals surface area (Å²) < 4.78 is 32.4. The van der Waals surface area contributed by atoms with E-state index in [-0.39, 0.29) is 10.6 Å². The fourth-order valence-electron chi connectivity index (χ4n) is 2.80. The van der Waals surface area contributed by atoms with Crippen molar-refractivity contribution >= 4 is 33.8 Å². The lowest BCUT2D eigenvalue weighted by atomic mass is 10.1. The number of rotatable bonds is 6. The quantitative estimate of drug-likeness (QED) is 0.616. The van der Waals surface area contributed by atoms with Crippen LogP contribution in [0.4, 0.5) is 5.69 Å². The number of hydrogen-bond acceptors (Lipinski definition) is 5. The Balaban J connectivity index is 2.06. The molecule has 0 N–H and O–H groups in total. The molecule has 0 aliphatic carbocycles. The number of sulfonamides is 1. The molecule has 0 unspecified atom stereocenters. The van der Waals surface area contributed by atoms with Gasteiger partial charge in [-0.1, -0.05) is 30.4 Å². The molecule has 0 aliphatic rings. The van der Waals surface area contributed by atoms with Crippen LogP contribution >= 0.6 is 0 Å². The van der Waals surface area contributed by atoms with Crippen LogP contribution in [0.5, 0.6) is 5.75 Å². The summed E-state index contributed by atoms with van der Waals surface area (Å²) in [6.07, 6.45) is 6.94. The third-order valence-electron chi connectivity index (χ3n) is 4.20. The maximum absolute atomic E-state index is 13.2. The van der Waals surface area contributed by atoms with Crippen molar-refractivity contribution in [2.45, 2.75) is 11.8 Å². The zero-order valence-electron chi connectivity index (χ0n) is 16.0. The van der Waals surface area contributed by atoms with Crippen molar-refractivity contribution in [2.75, 3.05) is 11.4 Å². The fourth-order valence-corrected chi connectivity index (χ4v) is 4.25. The van der Waals surface area contributed by atoms with E-state index in [0.29, 0.717) is 11.3 Å². The number of ether oxygens (including phenoxy) is 1. The second-order valence-electron chi connectivity index (χ2n) is 6.14. The minimum absolute atomic E-state index is 0.00131. The van der Waals surface area contributed by atoms with E-state index in [2.05, 4.69) is 4.98 Å². The maximum Gasteiger partial charge on any atom is 0.270 e. The number of para-hydroxylation sites is 1. The Hall–Kier alpha value is -3.45. The summed E-state index contributed by atoms with van der Waals surface area (Å²) in [7, 11) is -2.60. The Bertz CT molecular complexity index is 1120. The van der Waals surface area contributed by atoms with Gasteiger partial charge in [0.2, 0.25) is 5.91 Å². The van der Waals surface area contributed by atoms with Crippen molar-refractivity contribution < 1.29 is 17.9 Å². The van der Waals surface area contributed by atoms with Crippen LogP contribution < -0.4 is 9.04 Å². The minimum Gasteiger partial charge on any atom is -0.497 e. The van der Waals surface area contributed by atoms with E-state index in [9.17, 15) is 13.2 Å². The van der Waals surface area contributed by atoms with Gasteiger partial charge < -0.3 is 4.74 Å². The second-order valence-corrected chi connectivity index (χ2v) is 7.92. The molecular weight excluding hydrogens is 388 g/mol. The molecule has 0 saturated heterocycles. The number of carbonyl (C=O) groups is 1. The molecule has 29 heavy (non-hydrogen) atoms. The summed E-state index contributed by atoms with van der Waals surface area (Å²) in [5, 5.41) is 0. The molecule has 3 rings (SSSR count). The van der Waals surface area contributed by atoms with Gasteiger partial charge >= 0.3 is 0 Å². The lowest BCUT2D eigenvalue weighted by molar-refractivity contribution is -0.115. The van der Waals surface area contributed by atoms with Crippen LogP contribution in [0.1, 0.15) is 18.1 Å². The predicted octanol–water partition coefficient (Wildman–Crippen LogP) is 4.00. The first-order chi connectivity index (χ1) is 13.9. The van der Waals surface area contributed by atoms with Crippen molar-refractivity contribution in [1.29, 1.82) is 0 Å². The topological polar surface area (TPSA) is 76.6 Å². The number of methoxy groups -OCH3 is 1. The van der Waals surface area contributed by atoms with Crippen LogP contribution in [0.2, 0.25) is 0 Å². The molecule has 2 aromatic carbocycles. The zero-order valence-corrected chi connectivity index (χ0v) is 16.8. The number of benzene rings is 2. The molecule has 3 aromatic rings. The van der Waals surface area contributed by atoms with Crippen molar-refractivity contribution in [1.82, 2.24) is 4.98 Å². The van der Waals surface area contributed by atoms with Gasteiger partial charge in [-0.2, -0.15) is 0 Å². The van der Waals surface area contributed by atoms with Crippen LogP contribution in [0.3, 0.4) is 0 Å². The zero-order chi connectivity index (χ0) is 20.9. The third kappa shape index (κ3) is 4.52. The van der Waals surface area contributed by atoms with Gasteiger partial charge in [-0.3, -0.25) is 9.78 Å². The molecule has 7 heteroatoms. The molecule has 6 nitrogen and oxygen atoms in total. The molecular formula is C22H20N2O4S. The SMILES string of the molecule is COc1ccc(S(=O)(=O)N(C(C)=O)c2ccccc2/C=C/c2ccncc2)cc1. The summed E-state index contributed by atoms with van der Waals surface area (Å²) in [4.78, 5) is 16.4. The molecule has 1 heterocycles. The Kier molecular flexibility index (Phi) is 6.09. The molecule has 0 atom stereocenters. The first-order valence-corrected chi connectivity index (χ1v) is 10.2. The molecule has 0 radical (unpaired) electrons. The number of amides is 1. The number of aromatic nitrogens is 1. The van der Waals surface area contributed by atoms with Crippen molar-refractivity contribution in [3.63, 3.8) is 0 Å². The highest BCUT2D eigenvalue weighted by atomic mass is 32.2. The maximum atomic E-state index is 13.2. The van der Waals surface area contributed by atoms with Gasteiger partial charge in [0.05, 0.1) is 17.7 Å². The highest BCUT2D eigenvalue weighted by Crippen LogP contribution is 2.29. The number of carbonyl (C=O) groups excluding carboxylic acids is 1. The summed E-state index contributed by atoms with van der Waals surface area (Å²) in [6, 6.07) is 16.4. The number of hydrogen-bond donors (Lipinski definition) is 0. The number of nitrogens with zero attached hydrogens (tertiary/aromatic N) is 2. The number of anilines is 1. The average molecular weight is 408 g/mol. The molecule has 0 fully saturated rings. The standard InChI is InChI=1S/C22H20N2O4S/c1-17(25)24(29(26,27)21-11-9-20(28-2)10-12-21)22-6-4-3-5-19(22)8-7-18-13-15-23-16-14-18/h3-16H,1-2H3/b8-7+. The van der Waals surface area contributed by atoms with Gasteiger partial charge in [0.1, 0.15) is 5.75 Å². The Morgan fingerprint density at radius 1 is 0.966 bits per heavy atom. The van der Waals surface area contributed by atoms with Crippen LogP contribution in [-0.2, 0) is 14.8 Å². The van der Waals surface area contributed by atoms with Gasteiger partial charge in [0, 0.05) is 19.3 Å². The van der Waals surface area contributed by atoms with Gasteiger partial charge in [-0.05, 0) is 53.6 Å². The monoisotopic (exact) mass is 408 g/mol. The Morgan fingerprint density at radius 2 is 1.62 bits per heavy atom. The first kappa shape index (κ1) is 20.3. The van der Waals surface area contributed by atoms with E-state index in [4.69, 9.17) is 4.74 Å². The van der Waals surface area contributed by atoms with E-state index < -0.39 is 15.9 Å². The second kappa shape index (κ2) is 8.70. The molecule has 1 aromatic heterocycles. The van der Waals surface area contributed by atoms with Gasteiger partial charge in [0.25, 0.3) is 10.0 Å². The largest absolute Gasteiger partial charge is 0.497 e. The molecule has 148 valence electrons. The number of pyridine rings is 1. The Morgan fingerprint density at radius 3 is 2.24 bits per heavy atom. The third-order valence-corrected chi connectivity index (χ3v) is 6.00. The van der Waals surface area contributed by atoms with Crippen molar-refractivity contribution in [3.8, 4) is 5.75 Å². The molecule has 0 saturated carbocycles. The Labute approximate surface area is 170 Å². The predicted molar refractivity (Wildman–Crippen MR) is 113 cm³/mol. The van der Waals surface area contributed by atoms with E-state index >= 15 is 0 Å². The van der Waals surface area contributed by atoms with Gasteiger partial charge in [-0.15, -0.1) is 0 Å². The molecule has 1 amide bonds. The molecule has 0 spiro atoms. The summed E-state index contributed by atoms with van der Waals surface area (Å²) in [6.45, 7) is 1.23. The van der Waals surface area contributed by atoms with Crippen LogP contribution in [0.15, 0.2) is 78.0 Å². The lowest BCUT2D eigenvalue weighted by Crippen LogP contribution is -2.35. The van der Waals surface area contributed by atoms with Crippen LogP contribution in [0, 0.1) is 0 Å². The fraction of sp³-hybridized carbons (Fsp3) is 0.0909. The van der Waals surface area contributed by atoms with E-state index in [1.165, 1.54) is 26.2 Å². The molecule has 0 bridgehead atoms. The van der Waals surface area contributed by atoms with E-state index in [0.717, 1.165) is 9.87 Å². The van der Waals surface area contributed by atoms with Gasteiger partial charge in [0.15, 0.2) is 0 Å². The molecule has 0 aliphatic heterocycles. The summed E-state index contributed by atoms with van der Waals surface area (Å²) >= 11 is 0. The van der Waals surface area contributed by atoms with Crippen molar-refractivity contribution in [2.24, 2.45) is 0 Å². The minimum atomic E-state index is -4.10. The highest BCUT2D eigenvalue weighted by molar-refractivity contribution is 7.93. The summed E-state index contributed by atoms with van der Waals surface area (Å²) in [5.74, 6) is -0.0791. The van der Waals surface area contributed by atoms with E-state index in [1.54, 1.807) is 54.9 Å². The van der Waals surface area contributed by atoms with Gasteiger partial charge in [-0.25, -0.2) is 12.7 Å². The smallest absolute Gasteiger partial charge is 0.270 e. The normalized spacial score (nSPS) is 11.4. The average Bonchev–Trinajstić information content (AvgIpc) is 2.73. The van der Waals surface area contributed by atoms with E-state index in [1.807, 2.05) is 18.2 Å². The van der Waals surface area contributed by atoms with Crippen LogP contribution in [-0.4, -0.2) is 26.4 Å². The first-order valence-electron chi connectivity index (χ1n) is 8.80. The van der Waals surface area contributed by atoms with Crippen LogP contribution in [0.25, 0.3) is 12.2 Å². The highest BCUT2D eigenvalue weighted by Gasteiger charge is 2.29. The lowest BCUT2D eigenvalue weighted by Gasteiger charge is -2.23. The summed E-state index contributed by atoms with van der Waals surface area (Å²) in [5.41, 5.74) is 1.78.